The van der Waals surface area contributed by atoms with Crippen molar-refractivity contribution in [2.45, 2.75) is 40.2 Å². The lowest BCUT2D eigenvalue weighted by Gasteiger charge is -2.13. The van der Waals surface area contributed by atoms with Gasteiger partial charge >= 0.3 is 0 Å². The minimum Gasteiger partial charge on any atom is -0.392 e. The standard InChI is InChI=1S/C14H20ClNO/c1-13(2)12(14(13,3)4)11(17)7-9-5-6-16-8-10(9)15/h5-6,8,11-12,17H,7H2,1-4H3. The van der Waals surface area contributed by atoms with Gasteiger partial charge in [0.1, 0.15) is 0 Å². The highest BCUT2D eigenvalue weighted by molar-refractivity contribution is 6.31. The molecule has 1 aromatic heterocycles. The summed E-state index contributed by atoms with van der Waals surface area (Å²) in [5, 5.41) is 11.0. The molecule has 1 heterocycles. The van der Waals surface area contributed by atoms with Crippen LogP contribution in [-0.2, 0) is 6.42 Å². The lowest BCUT2D eigenvalue weighted by Crippen LogP contribution is -2.17. The molecule has 1 aliphatic rings. The quantitative estimate of drug-likeness (QED) is 0.897. The monoisotopic (exact) mass is 253 g/mol. The number of nitrogens with zero attached hydrogens (tertiary/aromatic N) is 1. The summed E-state index contributed by atoms with van der Waals surface area (Å²) in [4.78, 5) is 3.96. The average Bonchev–Trinajstić information content (AvgIpc) is 2.61. The van der Waals surface area contributed by atoms with Gasteiger partial charge in [-0.1, -0.05) is 39.3 Å². The Morgan fingerprint density at radius 2 is 1.94 bits per heavy atom. The van der Waals surface area contributed by atoms with Crippen LogP contribution in [0.15, 0.2) is 18.5 Å². The molecule has 3 heteroatoms. The van der Waals surface area contributed by atoms with Crippen molar-refractivity contribution >= 4 is 11.6 Å². The van der Waals surface area contributed by atoms with Gasteiger partial charge in [0.05, 0.1) is 11.1 Å². The third-order valence-corrected chi connectivity index (χ3v) is 5.14. The molecule has 0 aromatic carbocycles. The van der Waals surface area contributed by atoms with Crippen LogP contribution in [0.4, 0.5) is 0 Å². The summed E-state index contributed by atoms with van der Waals surface area (Å²) in [6, 6.07) is 1.88. The number of halogens is 1. The van der Waals surface area contributed by atoms with Gasteiger partial charge in [0.2, 0.25) is 0 Å². The Morgan fingerprint density at radius 1 is 1.35 bits per heavy atom. The van der Waals surface area contributed by atoms with Crippen LogP contribution in [0.25, 0.3) is 0 Å². The topological polar surface area (TPSA) is 33.1 Å². The van der Waals surface area contributed by atoms with E-state index in [0.29, 0.717) is 17.4 Å². The molecule has 1 saturated carbocycles. The van der Waals surface area contributed by atoms with E-state index in [4.69, 9.17) is 11.6 Å². The molecule has 1 N–H and O–H groups in total. The molecule has 1 aromatic rings. The van der Waals surface area contributed by atoms with Crippen molar-refractivity contribution in [1.29, 1.82) is 0 Å². The molecule has 0 radical (unpaired) electrons. The fourth-order valence-electron chi connectivity index (χ4n) is 3.12. The average molecular weight is 254 g/mol. The second-order valence-corrected chi connectivity index (χ2v) is 6.57. The zero-order valence-corrected chi connectivity index (χ0v) is 11.6. The Balaban J connectivity index is 2.10. The maximum atomic E-state index is 10.4. The van der Waals surface area contributed by atoms with Crippen LogP contribution < -0.4 is 0 Å². The van der Waals surface area contributed by atoms with Gasteiger partial charge in [0.25, 0.3) is 0 Å². The Morgan fingerprint density at radius 3 is 2.41 bits per heavy atom. The van der Waals surface area contributed by atoms with Gasteiger partial charge in [-0.15, -0.1) is 0 Å². The molecule has 1 aliphatic carbocycles. The van der Waals surface area contributed by atoms with Crippen LogP contribution in [0.3, 0.4) is 0 Å². The van der Waals surface area contributed by atoms with E-state index in [-0.39, 0.29) is 16.9 Å². The molecule has 0 aliphatic heterocycles. The van der Waals surface area contributed by atoms with E-state index in [0.717, 1.165) is 5.56 Å². The zero-order chi connectivity index (χ0) is 12.8. The van der Waals surface area contributed by atoms with Gasteiger partial charge in [-0.2, -0.15) is 0 Å². The highest BCUT2D eigenvalue weighted by atomic mass is 35.5. The molecule has 2 rings (SSSR count). The van der Waals surface area contributed by atoms with Crippen molar-refractivity contribution in [2.24, 2.45) is 16.7 Å². The van der Waals surface area contributed by atoms with Gasteiger partial charge in [-0.05, 0) is 28.4 Å². The van der Waals surface area contributed by atoms with E-state index in [9.17, 15) is 5.11 Å². The number of hydrogen-bond acceptors (Lipinski definition) is 2. The first-order valence-electron chi connectivity index (χ1n) is 6.05. The number of aliphatic hydroxyl groups excluding tert-OH is 1. The second-order valence-electron chi connectivity index (χ2n) is 6.16. The Hall–Kier alpha value is -0.600. The van der Waals surface area contributed by atoms with Crippen molar-refractivity contribution < 1.29 is 5.11 Å². The fourth-order valence-corrected chi connectivity index (χ4v) is 3.32. The van der Waals surface area contributed by atoms with E-state index >= 15 is 0 Å². The summed E-state index contributed by atoms with van der Waals surface area (Å²) in [6.07, 6.45) is 3.63. The number of pyridine rings is 1. The first-order valence-corrected chi connectivity index (χ1v) is 6.42. The predicted molar refractivity (Wildman–Crippen MR) is 70.0 cm³/mol. The lowest BCUT2D eigenvalue weighted by molar-refractivity contribution is 0.129. The van der Waals surface area contributed by atoms with Crippen LogP contribution in [0.5, 0.6) is 0 Å². The summed E-state index contributed by atoms with van der Waals surface area (Å²) < 4.78 is 0. The van der Waals surface area contributed by atoms with Crippen molar-refractivity contribution in [2.75, 3.05) is 0 Å². The molecule has 0 bridgehead atoms. The summed E-state index contributed by atoms with van der Waals surface area (Å²) in [5.41, 5.74) is 1.38. The normalized spacial score (nSPS) is 23.4. The summed E-state index contributed by atoms with van der Waals surface area (Å²) >= 11 is 6.06. The maximum absolute atomic E-state index is 10.4. The van der Waals surface area contributed by atoms with E-state index in [1.165, 1.54) is 0 Å². The Bertz CT molecular complexity index is 414. The van der Waals surface area contributed by atoms with Crippen molar-refractivity contribution in [3.05, 3.63) is 29.0 Å². The highest BCUT2D eigenvalue weighted by Crippen LogP contribution is 2.69. The third-order valence-electron chi connectivity index (χ3n) is 4.80. The Labute approximate surface area is 108 Å². The van der Waals surface area contributed by atoms with Crippen LogP contribution in [0, 0.1) is 16.7 Å². The molecule has 2 nitrogen and oxygen atoms in total. The van der Waals surface area contributed by atoms with Crippen molar-refractivity contribution in [3.63, 3.8) is 0 Å². The highest BCUT2D eigenvalue weighted by Gasteiger charge is 2.66. The van der Waals surface area contributed by atoms with Crippen LogP contribution in [0.1, 0.15) is 33.3 Å². The first-order chi connectivity index (χ1) is 7.78. The van der Waals surface area contributed by atoms with E-state index in [1.54, 1.807) is 12.4 Å². The summed E-state index contributed by atoms with van der Waals surface area (Å²) in [5.74, 6) is 0.333. The summed E-state index contributed by atoms with van der Waals surface area (Å²) in [6.45, 7) is 8.87. The van der Waals surface area contributed by atoms with Gasteiger partial charge < -0.3 is 5.11 Å². The molecule has 1 unspecified atom stereocenters. The molecule has 1 fully saturated rings. The molecule has 0 amide bonds. The zero-order valence-electron chi connectivity index (χ0n) is 10.9. The van der Waals surface area contributed by atoms with Crippen LogP contribution in [0.2, 0.25) is 5.02 Å². The minimum absolute atomic E-state index is 0.200. The van der Waals surface area contributed by atoms with Gasteiger partial charge in [-0.3, -0.25) is 4.98 Å². The second kappa shape index (κ2) is 3.96. The molecule has 17 heavy (non-hydrogen) atoms. The molecule has 94 valence electrons. The van der Waals surface area contributed by atoms with Gasteiger partial charge in [0.15, 0.2) is 0 Å². The SMILES string of the molecule is CC1(C)C(C(O)Cc2ccncc2Cl)C1(C)C. The Kier molecular flexibility index (Phi) is 2.99. The molecule has 0 spiro atoms. The van der Waals surface area contributed by atoms with Crippen molar-refractivity contribution in [1.82, 2.24) is 4.98 Å². The largest absolute Gasteiger partial charge is 0.392 e. The molecule has 1 atom stereocenters. The molecular formula is C14H20ClNO. The van der Waals surface area contributed by atoms with Crippen LogP contribution >= 0.6 is 11.6 Å². The van der Waals surface area contributed by atoms with E-state index < -0.39 is 0 Å². The lowest BCUT2D eigenvalue weighted by atomic mass is 10.0. The van der Waals surface area contributed by atoms with E-state index in [1.807, 2.05) is 6.07 Å². The third kappa shape index (κ3) is 1.98. The van der Waals surface area contributed by atoms with E-state index in [2.05, 4.69) is 32.7 Å². The number of rotatable bonds is 3. The number of hydrogen-bond donors (Lipinski definition) is 1. The van der Waals surface area contributed by atoms with Crippen molar-refractivity contribution in [3.8, 4) is 0 Å². The van der Waals surface area contributed by atoms with Gasteiger partial charge in [-0.25, -0.2) is 0 Å². The summed E-state index contributed by atoms with van der Waals surface area (Å²) in [7, 11) is 0. The smallest absolute Gasteiger partial charge is 0.0622 e. The fraction of sp³-hybridized carbons (Fsp3) is 0.643. The molecule has 0 saturated heterocycles. The maximum Gasteiger partial charge on any atom is 0.0622 e. The minimum atomic E-state index is -0.333. The molecular weight excluding hydrogens is 234 g/mol. The first kappa shape index (κ1) is 12.8. The number of aliphatic hydroxyl groups is 1. The predicted octanol–water partition coefficient (Wildman–Crippen LogP) is 3.32. The van der Waals surface area contributed by atoms with Gasteiger partial charge in [0, 0.05) is 18.8 Å². The van der Waals surface area contributed by atoms with Crippen LogP contribution in [-0.4, -0.2) is 16.2 Å². The number of aromatic nitrogens is 1.